The summed E-state index contributed by atoms with van der Waals surface area (Å²) in [7, 11) is 0. The van der Waals surface area contributed by atoms with Gasteiger partial charge in [0.2, 0.25) is 0 Å². The molecule has 5 heteroatoms. The second-order valence-electron chi connectivity index (χ2n) is 3.88. The first-order valence-corrected chi connectivity index (χ1v) is 6.68. The molecule has 0 saturated heterocycles. The van der Waals surface area contributed by atoms with Crippen molar-refractivity contribution in [2.24, 2.45) is 0 Å². The quantitative estimate of drug-likeness (QED) is 0.816. The number of benzene rings is 1. The normalized spacial score (nSPS) is 10.6. The molecule has 0 atom stereocenters. The molecule has 0 aliphatic heterocycles. The van der Waals surface area contributed by atoms with Crippen molar-refractivity contribution in [3.63, 3.8) is 0 Å². The summed E-state index contributed by atoms with van der Waals surface area (Å²) in [4.78, 5) is 15.6. The van der Waals surface area contributed by atoms with Gasteiger partial charge in [-0.3, -0.25) is 4.79 Å². The van der Waals surface area contributed by atoms with Crippen LogP contribution in [0.15, 0.2) is 22.7 Å². The molecule has 0 amide bonds. The molecule has 94 valence electrons. The summed E-state index contributed by atoms with van der Waals surface area (Å²) in [5.74, 6) is 1.67. The first-order chi connectivity index (χ1) is 8.69. The minimum Gasteiger partial charge on any atom is -0.298 e. The molecule has 0 spiro atoms. The fourth-order valence-corrected chi connectivity index (χ4v) is 2.15. The van der Waals surface area contributed by atoms with Gasteiger partial charge in [-0.25, -0.2) is 9.67 Å². The van der Waals surface area contributed by atoms with E-state index in [1.807, 2.05) is 26.0 Å². The molecule has 1 heterocycles. The van der Waals surface area contributed by atoms with Crippen LogP contribution in [0.3, 0.4) is 0 Å². The molecule has 2 aromatic rings. The number of aryl methyl sites for hydroxylation is 2. The number of aromatic nitrogens is 3. The van der Waals surface area contributed by atoms with Crippen LogP contribution in [0.5, 0.6) is 0 Å². The first-order valence-electron chi connectivity index (χ1n) is 5.89. The second kappa shape index (κ2) is 5.44. The Morgan fingerprint density at radius 3 is 2.72 bits per heavy atom. The van der Waals surface area contributed by atoms with Crippen LogP contribution in [0, 0.1) is 0 Å². The van der Waals surface area contributed by atoms with Crippen molar-refractivity contribution in [2.75, 3.05) is 0 Å². The van der Waals surface area contributed by atoms with E-state index in [1.165, 1.54) is 0 Å². The van der Waals surface area contributed by atoms with Crippen LogP contribution in [0.1, 0.15) is 35.9 Å². The van der Waals surface area contributed by atoms with Gasteiger partial charge < -0.3 is 0 Å². The third-order valence-corrected chi connectivity index (χ3v) is 3.19. The number of halogens is 1. The Bertz CT molecular complexity index is 578. The molecule has 0 fully saturated rings. The Hall–Kier alpha value is -1.49. The Kier molecular flexibility index (Phi) is 3.91. The largest absolute Gasteiger partial charge is 0.298 e. The molecule has 2 rings (SSSR count). The second-order valence-corrected chi connectivity index (χ2v) is 4.80. The molecule has 0 aliphatic rings. The molecular formula is C13H14BrN3O. The van der Waals surface area contributed by atoms with Crippen molar-refractivity contribution in [3.8, 4) is 5.69 Å². The molecule has 0 bridgehead atoms. The Balaban J connectivity index is 2.60. The van der Waals surface area contributed by atoms with Gasteiger partial charge in [-0.2, -0.15) is 5.10 Å². The van der Waals surface area contributed by atoms with E-state index < -0.39 is 0 Å². The van der Waals surface area contributed by atoms with Crippen molar-refractivity contribution in [1.29, 1.82) is 0 Å². The number of aldehydes is 1. The van der Waals surface area contributed by atoms with Crippen LogP contribution in [-0.4, -0.2) is 21.1 Å². The number of hydrogen-bond acceptors (Lipinski definition) is 3. The molecule has 0 saturated carbocycles. The summed E-state index contributed by atoms with van der Waals surface area (Å²) in [5.41, 5.74) is 1.38. The highest BCUT2D eigenvalue weighted by Crippen LogP contribution is 2.20. The zero-order valence-corrected chi connectivity index (χ0v) is 11.9. The molecule has 1 aromatic carbocycles. The highest BCUT2D eigenvalue weighted by Gasteiger charge is 2.12. The zero-order valence-electron chi connectivity index (χ0n) is 10.4. The maximum Gasteiger partial charge on any atom is 0.152 e. The Morgan fingerprint density at radius 1 is 1.33 bits per heavy atom. The number of rotatable bonds is 4. The lowest BCUT2D eigenvalue weighted by Gasteiger charge is -2.07. The Morgan fingerprint density at radius 2 is 2.11 bits per heavy atom. The van der Waals surface area contributed by atoms with Gasteiger partial charge in [-0.05, 0) is 18.2 Å². The van der Waals surface area contributed by atoms with E-state index in [0.29, 0.717) is 5.56 Å². The zero-order chi connectivity index (χ0) is 13.1. The van der Waals surface area contributed by atoms with Gasteiger partial charge in [0, 0.05) is 22.9 Å². The molecule has 0 aliphatic carbocycles. The molecule has 18 heavy (non-hydrogen) atoms. The van der Waals surface area contributed by atoms with E-state index in [9.17, 15) is 4.79 Å². The first kappa shape index (κ1) is 13.0. The van der Waals surface area contributed by atoms with Crippen molar-refractivity contribution in [3.05, 3.63) is 39.9 Å². The maximum absolute atomic E-state index is 11.1. The SMILES string of the molecule is CCc1nc(CC)n(-c2ccc(Br)cc2C=O)n1. The molecule has 4 nitrogen and oxygen atoms in total. The van der Waals surface area contributed by atoms with Gasteiger partial charge in [0.15, 0.2) is 12.1 Å². The van der Waals surface area contributed by atoms with Gasteiger partial charge in [0.05, 0.1) is 5.69 Å². The highest BCUT2D eigenvalue weighted by molar-refractivity contribution is 9.10. The van der Waals surface area contributed by atoms with E-state index in [0.717, 1.165) is 40.9 Å². The fourth-order valence-electron chi connectivity index (χ4n) is 1.78. The number of hydrogen-bond donors (Lipinski definition) is 0. The van der Waals surface area contributed by atoms with Crippen LogP contribution >= 0.6 is 15.9 Å². The lowest BCUT2D eigenvalue weighted by molar-refractivity contribution is 0.112. The molecule has 1 aromatic heterocycles. The smallest absolute Gasteiger partial charge is 0.152 e. The molecule has 0 radical (unpaired) electrons. The van der Waals surface area contributed by atoms with Gasteiger partial charge >= 0.3 is 0 Å². The van der Waals surface area contributed by atoms with Gasteiger partial charge in [0.25, 0.3) is 0 Å². The van der Waals surface area contributed by atoms with Crippen molar-refractivity contribution in [1.82, 2.24) is 14.8 Å². The summed E-state index contributed by atoms with van der Waals surface area (Å²) in [6.45, 7) is 4.04. The third kappa shape index (κ3) is 2.36. The predicted octanol–water partition coefficient (Wildman–Crippen LogP) is 2.97. The third-order valence-electron chi connectivity index (χ3n) is 2.70. The van der Waals surface area contributed by atoms with Gasteiger partial charge in [-0.15, -0.1) is 0 Å². The van der Waals surface area contributed by atoms with E-state index in [-0.39, 0.29) is 0 Å². The Labute approximate surface area is 114 Å². The topological polar surface area (TPSA) is 47.8 Å². The highest BCUT2D eigenvalue weighted by atomic mass is 79.9. The molecule has 0 unspecified atom stereocenters. The van der Waals surface area contributed by atoms with E-state index in [2.05, 4.69) is 26.0 Å². The average molecular weight is 308 g/mol. The van der Waals surface area contributed by atoms with Crippen LogP contribution in [-0.2, 0) is 12.8 Å². The minimum absolute atomic E-state index is 0.603. The standard InChI is InChI=1S/C13H14BrN3O/c1-3-12-15-13(4-2)17(16-12)11-6-5-10(14)7-9(11)8-18/h5-8H,3-4H2,1-2H3. The van der Waals surface area contributed by atoms with Crippen molar-refractivity contribution in [2.45, 2.75) is 26.7 Å². The van der Waals surface area contributed by atoms with Gasteiger partial charge in [-0.1, -0.05) is 29.8 Å². The van der Waals surface area contributed by atoms with Crippen LogP contribution in [0.25, 0.3) is 5.69 Å². The van der Waals surface area contributed by atoms with Crippen LogP contribution in [0.4, 0.5) is 0 Å². The van der Waals surface area contributed by atoms with Crippen molar-refractivity contribution >= 4 is 22.2 Å². The summed E-state index contributed by atoms with van der Waals surface area (Å²) in [6, 6.07) is 5.56. The lowest BCUT2D eigenvalue weighted by Crippen LogP contribution is -2.05. The van der Waals surface area contributed by atoms with E-state index >= 15 is 0 Å². The summed E-state index contributed by atoms with van der Waals surface area (Å²) in [6.07, 6.45) is 2.40. The molecular weight excluding hydrogens is 294 g/mol. The monoisotopic (exact) mass is 307 g/mol. The van der Waals surface area contributed by atoms with E-state index in [4.69, 9.17) is 0 Å². The van der Waals surface area contributed by atoms with Gasteiger partial charge in [0.1, 0.15) is 5.82 Å². The number of carbonyl (C=O) groups is 1. The van der Waals surface area contributed by atoms with Crippen LogP contribution < -0.4 is 0 Å². The summed E-state index contributed by atoms with van der Waals surface area (Å²) >= 11 is 3.36. The lowest BCUT2D eigenvalue weighted by atomic mass is 10.2. The predicted molar refractivity (Wildman–Crippen MR) is 73.2 cm³/mol. The fraction of sp³-hybridized carbons (Fsp3) is 0.308. The van der Waals surface area contributed by atoms with Crippen LogP contribution in [0.2, 0.25) is 0 Å². The van der Waals surface area contributed by atoms with Crippen molar-refractivity contribution < 1.29 is 4.79 Å². The maximum atomic E-state index is 11.1. The van der Waals surface area contributed by atoms with E-state index in [1.54, 1.807) is 10.7 Å². The number of nitrogens with zero attached hydrogens (tertiary/aromatic N) is 3. The number of carbonyl (C=O) groups excluding carboxylic acids is 1. The molecule has 0 N–H and O–H groups in total. The average Bonchev–Trinajstić information content (AvgIpc) is 2.81. The summed E-state index contributed by atoms with van der Waals surface area (Å²) in [5, 5.41) is 4.44. The minimum atomic E-state index is 0.603. The summed E-state index contributed by atoms with van der Waals surface area (Å²) < 4.78 is 2.64.